The summed E-state index contributed by atoms with van der Waals surface area (Å²) in [6.45, 7) is 1.88. The van der Waals surface area contributed by atoms with Crippen LogP contribution < -0.4 is 4.74 Å². The highest BCUT2D eigenvalue weighted by atomic mass is 19.2. The fourth-order valence-corrected chi connectivity index (χ4v) is 4.61. The zero-order chi connectivity index (χ0) is 24.2. The van der Waals surface area contributed by atoms with Crippen molar-refractivity contribution in [2.75, 3.05) is 6.51 Å². The molecule has 2 radical (unpaired) electrons. The first-order chi connectivity index (χ1) is 16.4. The van der Waals surface area contributed by atoms with E-state index in [1.807, 2.05) is 6.08 Å². The van der Waals surface area contributed by atoms with Gasteiger partial charge in [0.25, 0.3) is 0 Å². The van der Waals surface area contributed by atoms with Gasteiger partial charge in [0.2, 0.25) is 5.82 Å². The van der Waals surface area contributed by atoms with Gasteiger partial charge in [-0.15, -0.1) is 0 Å². The molecule has 4 rings (SSSR count). The molecule has 0 amide bonds. The monoisotopic (exact) mass is 464 g/mol. The first-order valence-corrected chi connectivity index (χ1v) is 11.5. The summed E-state index contributed by atoms with van der Waals surface area (Å²) in [6, 6.07) is 12.1. The minimum absolute atomic E-state index is 0.0287. The molecule has 3 aromatic carbocycles. The molecule has 1 nitrogen and oxygen atoms in total. The van der Waals surface area contributed by atoms with Crippen LogP contribution >= 0.6 is 0 Å². The average molecular weight is 464 g/mol. The molecule has 34 heavy (non-hydrogen) atoms. The Bertz CT molecular complexity index is 1200. The summed E-state index contributed by atoms with van der Waals surface area (Å²) >= 11 is 0. The highest BCUT2D eigenvalue weighted by molar-refractivity contribution is 6.08. The van der Waals surface area contributed by atoms with E-state index < -0.39 is 23.3 Å². The zero-order valence-corrected chi connectivity index (χ0v) is 19.0. The van der Waals surface area contributed by atoms with Crippen molar-refractivity contribution >= 4 is 13.4 Å². The molecule has 0 heterocycles. The molecule has 0 fully saturated rings. The Labute approximate surface area is 198 Å². The smallest absolute Gasteiger partial charge is 0.201 e. The predicted octanol–water partition coefficient (Wildman–Crippen LogP) is 8.07. The summed E-state index contributed by atoms with van der Waals surface area (Å²) in [5.41, 5.74) is 2.14. The molecule has 1 atom stereocenters. The van der Waals surface area contributed by atoms with Crippen LogP contribution in [0, 0.1) is 29.2 Å². The molecule has 0 bridgehead atoms. The lowest BCUT2D eigenvalue weighted by molar-refractivity contribution is 0.352. The van der Waals surface area contributed by atoms with Gasteiger partial charge in [0, 0.05) is 23.2 Å². The summed E-state index contributed by atoms with van der Waals surface area (Å²) in [4.78, 5) is 0. The quantitative estimate of drug-likeness (QED) is 0.254. The first kappa shape index (κ1) is 24.1. The summed E-state index contributed by atoms with van der Waals surface area (Å²) in [6.07, 6.45) is 6.93. The standard InChI is InChI=1S/C28H25BF4O/c1-2-3-17-4-6-18(7-5-17)21-12-13-22(26(31)25(21)30)19-8-10-20(11-9-19)23-14-15-24(34-16-29)28(33)27(23)32/h6,8-15,17H,2-5,7,16H2,1H3. The van der Waals surface area contributed by atoms with E-state index in [0.717, 1.165) is 37.7 Å². The Kier molecular flexibility index (Phi) is 7.45. The summed E-state index contributed by atoms with van der Waals surface area (Å²) in [5, 5.41) is 0. The lowest BCUT2D eigenvalue weighted by Crippen LogP contribution is -2.06. The van der Waals surface area contributed by atoms with Gasteiger partial charge in [0.05, 0.1) is 0 Å². The van der Waals surface area contributed by atoms with Gasteiger partial charge in [0.1, 0.15) is 7.85 Å². The van der Waals surface area contributed by atoms with E-state index in [1.165, 1.54) is 12.1 Å². The maximum Gasteiger partial charge on any atom is 0.201 e. The Morgan fingerprint density at radius 2 is 1.35 bits per heavy atom. The van der Waals surface area contributed by atoms with Gasteiger partial charge < -0.3 is 4.74 Å². The van der Waals surface area contributed by atoms with Crippen molar-refractivity contribution < 1.29 is 22.3 Å². The molecule has 0 saturated carbocycles. The topological polar surface area (TPSA) is 9.23 Å². The number of hydrogen-bond acceptors (Lipinski definition) is 1. The molecule has 174 valence electrons. The Morgan fingerprint density at radius 3 is 1.91 bits per heavy atom. The SMILES string of the molecule is [B]COc1ccc(-c2ccc(-c3ccc(C4=CCC(CCC)CC4)c(F)c3F)cc2)c(F)c1F. The third-order valence-corrected chi connectivity index (χ3v) is 6.44. The normalized spacial score (nSPS) is 15.8. The molecule has 0 spiro atoms. The van der Waals surface area contributed by atoms with Gasteiger partial charge in [-0.1, -0.05) is 62.2 Å². The maximum absolute atomic E-state index is 15.0. The van der Waals surface area contributed by atoms with Crippen molar-refractivity contribution in [2.45, 2.75) is 39.0 Å². The van der Waals surface area contributed by atoms with Crippen LogP contribution in [-0.2, 0) is 0 Å². The third kappa shape index (κ3) is 4.77. The van der Waals surface area contributed by atoms with Crippen LogP contribution in [0.1, 0.15) is 44.6 Å². The molecule has 0 aliphatic heterocycles. The van der Waals surface area contributed by atoms with Crippen LogP contribution in [0.4, 0.5) is 17.6 Å². The Balaban J connectivity index is 1.59. The van der Waals surface area contributed by atoms with Crippen molar-refractivity contribution in [1.29, 1.82) is 0 Å². The number of hydrogen-bond donors (Lipinski definition) is 0. The summed E-state index contributed by atoms with van der Waals surface area (Å²) in [7, 11) is 5.22. The second kappa shape index (κ2) is 10.5. The second-order valence-corrected chi connectivity index (χ2v) is 8.57. The molecule has 3 aromatic rings. The molecule has 6 heteroatoms. The average Bonchev–Trinajstić information content (AvgIpc) is 2.85. The van der Waals surface area contributed by atoms with E-state index >= 15 is 4.39 Å². The van der Waals surface area contributed by atoms with E-state index in [1.54, 1.807) is 36.4 Å². The first-order valence-electron chi connectivity index (χ1n) is 11.5. The number of rotatable bonds is 7. The lowest BCUT2D eigenvalue weighted by Gasteiger charge is -2.22. The highest BCUT2D eigenvalue weighted by Gasteiger charge is 2.21. The van der Waals surface area contributed by atoms with Crippen LogP contribution in [0.15, 0.2) is 54.6 Å². The van der Waals surface area contributed by atoms with Crippen LogP contribution in [0.2, 0.25) is 0 Å². The molecular formula is C28H25BF4O. The molecule has 0 aromatic heterocycles. The minimum Gasteiger partial charge on any atom is -0.500 e. The van der Waals surface area contributed by atoms with Crippen molar-refractivity contribution in [3.8, 4) is 28.0 Å². The van der Waals surface area contributed by atoms with Crippen LogP contribution in [-0.4, -0.2) is 14.4 Å². The van der Waals surface area contributed by atoms with Gasteiger partial charge in [-0.25, -0.2) is 13.2 Å². The van der Waals surface area contributed by atoms with Crippen LogP contribution in [0.3, 0.4) is 0 Å². The van der Waals surface area contributed by atoms with E-state index in [9.17, 15) is 13.2 Å². The van der Waals surface area contributed by atoms with Crippen molar-refractivity contribution in [3.63, 3.8) is 0 Å². The molecule has 1 aliphatic rings. The van der Waals surface area contributed by atoms with Gasteiger partial charge in [-0.05, 0) is 54.0 Å². The molecule has 0 N–H and O–H groups in total. The summed E-state index contributed by atoms with van der Waals surface area (Å²) in [5.74, 6) is -3.63. The lowest BCUT2D eigenvalue weighted by atomic mass is 9.84. The fourth-order valence-electron chi connectivity index (χ4n) is 4.61. The predicted molar refractivity (Wildman–Crippen MR) is 129 cm³/mol. The van der Waals surface area contributed by atoms with Gasteiger partial charge >= 0.3 is 0 Å². The summed E-state index contributed by atoms with van der Waals surface area (Å²) < 4.78 is 63.5. The molecule has 1 aliphatic carbocycles. The fraction of sp³-hybridized carbons (Fsp3) is 0.286. The van der Waals surface area contributed by atoms with Gasteiger partial charge in [-0.3, -0.25) is 0 Å². The van der Waals surface area contributed by atoms with Crippen molar-refractivity contribution in [1.82, 2.24) is 0 Å². The van der Waals surface area contributed by atoms with Crippen molar-refractivity contribution in [3.05, 3.63) is 83.4 Å². The van der Waals surface area contributed by atoms with Crippen LogP contribution in [0.25, 0.3) is 27.8 Å². The highest BCUT2D eigenvalue weighted by Crippen LogP contribution is 2.37. The molecular weight excluding hydrogens is 439 g/mol. The molecule has 0 saturated heterocycles. The van der Waals surface area contributed by atoms with E-state index in [4.69, 9.17) is 12.6 Å². The molecule has 1 unspecified atom stereocenters. The largest absolute Gasteiger partial charge is 0.500 e. The van der Waals surface area contributed by atoms with Gasteiger partial charge in [0.15, 0.2) is 23.2 Å². The van der Waals surface area contributed by atoms with E-state index in [0.29, 0.717) is 22.6 Å². The Morgan fingerprint density at radius 1 is 0.794 bits per heavy atom. The number of allylic oxidation sites excluding steroid dienone is 2. The van der Waals surface area contributed by atoms with Crippen molar-refractivity contribution in [2.24, 2.45) is 5.92 Å². The zero-order valence-electron chi connectivity index (χ0n) is 19.0. The second-order valence-electron chi connectivity index (χ2n) is 8.57. The van der Waals surface area contributed by atoms with Gasteiger partial charge in [-0.2, -0.15) is 4.39 Å². The number of ether oxygens (including phenoxy) is 1. The maximum atomic E-state index is 15.0. The Hall–Kier alpha value is -3.02. The third-order valence-electron chi connectivity index (χ3n) is 6.44. The number of halogens is 4. The van der Waals surface area contributed by atoms with Crippen LogP contribution in [0.5, 0.6) is 5.75 Å². The van der Waals surface area contributed by atoms with E-state index in [2.05, 4.69) is 6.92 Å². The number of benzene rings is 3. The minimum atomic E-state index is -1.13. The van der Waals surface area contributed by atoms with E-state index in [-0.39, 0.29) is 23.4 Å².